The second kappa shape index (κ2) is 7.86. The Bertz CT molecular complexity index is 837. The maximum absolute atomic E-state index is 13.6. The van der Waals surface area contributed by atoms with Gasteiger partial charge in [0.2, 0.25) is 5.13 Å². The summed E-state index contributed by atoms with van der Waals surface area (Å²) >= 11 is 7.16. The van der Waals surface area contributed by atoms with Gasteiger partial charge in [0.1, 0.15) is 22.7 Å². The normalized spacial score (nSPS) is 12.2. The molecule has 0 aliphatic heterocycles. The van der Waals surface area contributed by atoms with Gasteiger partial charge in [-0.2, -0.15) is 0 Å². The number of aliphatic hydroxyl groups excluding tert-OH is 1. The van der Waals surface area contributed by atoms with Crippen LogP contribution in [0, 0.1) is 11.6 Å². The summed E-state index contributed by atoms with van der Waals surface area (Å²) in [6, 6.07) is 10.9. The maximum Gasteiger partial charge on any atom is 0.205 e. The number of aliphatic hydroxyl groups is 1. The number of hydrogen-bond donors (Lipinski definition) is 2. The number of anilines is 1. The summed E-state index contributed by atoms with van der Waals surface area (Å²) < 4.78 is 27.3. The minimum absolute atomic E-state index is 0.0760. The zero-order valence-electron chi connectivity index (χ0n) is 12.9. The first-order valence-electron chi connectivity index (χ1n) is 7.45. The van der Waals surface area contributed by atoms with Crippen LogP contribution in [-0.4, -0.2) is 21.8 Å². The van der Waals surface area contributed by atoms with Gasteiger partial charge in [0, 0.05) is 18.0 Å². The lowest BCUT2D eigenvalue weighted by Gasteiger charge is -2.12. The molecule has 4 nitrogen and oxygen atoms in total. The van der Waals surface area contributed by atoms with Gasteiger partial charge >= 0.3 is 0 Å². The van der Waals surface area contributed by atoms with Crippen LogP contribution in [-0.2, 0) is 6.42 Å². The quantitative estimate of drug-likeness (QED) is 0.671. The van der Waals surface area contributed by atoms with Crippen molar-refractivity contribution in [2.24, 2.45) is 0 Å². The van der Waals surface area contributed by atoms with Gasteiger partial charge in [-0.3, -0.25) is 0 Å². The second-order valence-corrected chi connectivity index (χ2v) is 6.83. The monoisotopic (exact) mass is 381 g/mol. The van der Waals surface area contributed by atoms with Crippen molar-refractivity contribution >= 4 is 28.1 Å². The highest BCUT2D eigenvalue weighted by molar-refractivity contribution is 7.15. The summed E-state index contributed by atoms with van der Waals surface area (Å²) in [6.07, 6.45) is -0.731. The summed E-state index contributed by atoms with van der Waals surface area (Å²) in [5.74, 6) is -1.56. The maximum atomic E-state index is 13.6. The van der Waals surface area contributed by atoms with Gasteiger partial charge in [-0.1, -0.05) is 41.1 Å². The van der Waals surface area contributed by atoms with Crippen molar-refractivity contribution in [3.63, 3.8) is 0 Å². The molecule has 0 bridgehead atoms. The first-order chi connectivity index (χ1) is 12.0. The van der Waals surface area contributed by atoms with Crippen LogP contribution in [0.4, 0.5) is 13.9 Å². The molecule has 8 heteroatoms. The highest BCUT2D eigenvalue weighted by Crippen LogP contribution is 2.23. The Morgan fingerprint density at radius 3 is 2.44 bits per heavy atom. The summed E-state index contributed by atoms with van der Waals surface area (Å²) in [6.45, 7) is -0.0760. The van der Waals surface area contributed by atoms with Crippen LogP contribution in [0.3, 0.4) is 0 Å². The van der Waals surface area contributed by atoms with E-state index >= 15 is 0 Å². The molecule has 3 rings (SSSR count). The molecule has 1 heterocycles. The third-order valence-electron chi connectivity index (χ3n) is 3.52. The van der Waals surface area contributed by atoms with Gasteiger partial charge in [-0.05, 0) is 29.8 Å². The summed E-state index contributed by atoms with van der Waals surface area (Å²) in [7, 11) is 0. The number of rotatable bonds is 6. The van der Waals surface area contributed by atoms with E-state index in [1.54, 1.807) is 12.1 Å². The lowest BCUT2D eigenvalue weighted by atomic mass is 10.1. The molecular weight excluding hydrogens is 368 g/mol. The smallest absolute Gasteiger partial charge is 0.205 e. The minimum Gasteiger partial charge on any atom is -0.386 e. The fourth-order valence-corrected chi connectivity index (χ4v) is 3.20. The molecule has 2 N–H and O–H groups in total. The van der Waals surface area contributed by atoms with Crippen LogP contribution in [0.1, 0.15) is 22.2 Å². The molecule has 0 aliphatic rings. The van der Waals surface area contributed by atoms with Crippen LogP contribution in [0.2, 0.25) is 5.02 Å². The highest BCUT2D eigenvalue weighted by Gasteiger charge is 2.18. The van der Waals surface area contributed by atoms with E-state index in [1.807, 2.05) is 12.1 Å². The molecule has 1 unspecified atom stereocenters. The number of aromatic nitrogens is 2. The van der Waals surface area contributed by atoms with Gasteiger partial charge in [-0.25, -0.2) is 8.78 Å². The van der Waals surface area contributed by atoms with Crippen LogP contribution in [0.25, 0.3) is 0 Å². The molecule has 0 fully saturated rings. The van der Waals surface area contributed by atoms with Crippen molar-refractivity contribution in [2.45, 2.75) is 12.5 Å². The highest BCUT2D eigenvalue weighted by atomic mass is 35.5. The van der Waals surface area contributed by atoms with Crippen LogP contribution < -0.4 is 5.32 Å². The van der Waals surface area contributed by atoms with Crippen molar-refractivity contribution in [1.29, 1.82) is 0 Å². The molecule has 1 aromatic heterocycles. The molecule has 3 aromatic rings. The average molecular weight is 382 g/mol. The van der Waals surface area contributed by atoms with Crippen molar-refractivity contribution in [2.75, 3.05) is 11.9 Å². The molecule has 25 heavy (non-hydrogen) atoms. The molecule has 0 spiro atoms. The molecule has 130 valence electrons. The largest absolute Gasteiger partial charge is 0.386 e. The van der Waals surface area contributed by atoms with E-state index in [0.29, 0.717) is 16.6 Å². The van der Waals surface area contributed by atoms with E-state index in [-0.39, 0.29) is 12.1 Å². The van der Waals surface area contributed by atoms with E-state index in [1.165, 1.54) is 17.4 Å². The van der Waals surface area contributed by atoms with Gasteiger partial charge in [0.25, 0.3) is 0 Å². The van der Waals surface area contributed by atoms with E-state index in [4.69, 9.17) is 11.6 Å². The summed E-state index contributed by atoms with van der Waals surface area (Å²) in [5.41, 5.74) is 0.682. The van der Waals surface area contributed by atoms with Crippen LogP contribution in [0.5, 0.6) is 0 Å². The molecule has 1 atom stereocenters. The number of nitrogens with zero attached hydrogens (tertiary/aromatic N) is 2. The van der Waals surface area contributed by atoms with Crippen LogP contribution >= 0.6 is 22.9 Å². The number of nitrogens with one attached hydrogen (secondary N) is 1. The standard InChI is InChI=1S/C17H14ClF2N3OS/c18-11-6-4-10(5-7-11)8-15-22-23-17(25-15)21-9-14(24)16-12(19)2-1-3-13(16)20/h1-7,14,24H,8-9H2,(H,21,23). The Balaban J connectivity index is 1.61. The number of halogens is 3. The SMILES string of the molecule is OC(CNc1nnc(Cc2ccc(Cl)cc2)s1)c1c(F)cccc1F. The lowest BCUT2D eigenvalue weighted by molar-refractivity contribution is 0.181. The van der Waals surface area contributed by atoms with E-state index in [2.05, 4.69) is 15.5 Å². The molecule has 0 saturated carbocycles. The fraction of sp³-hybridized carbons (Fsp3) is 0.176. The van der Waals surface area contributed by atoms with Gasteiger partial charge in [-0.15, -0.1) is 10.2 Å². The molecule has 0 aliphatic carbocycles. The zero-order chi connectivity index (χ0) is 17.8. The van der Waals surface area contributed by atoms with Gasteiger partial charge < -0.3 is 10.4 Å². The summed E-state index contributed by atoms with van der Waals surface area (Å²) in [5, 5.41) is 22.8. The molecule has 2 aromatic carbocycles. The summed E-state index contributed by atoms with van der Waals surface area (Å²) in [4.78, 5) is 0. The Morgan fingerprint density at radius 2 is 1.76 bits per heavy atom. The minimum atomic E-state index is -1.33. The van der Waals surface area contributed by atoms with Crippen molar-refractivity contribution in [1.82, 2.24) is 10.2 Å². The van der Waals surface area contributed by atoms with Crippen molar-refractivity contribution in [3.8, 4) is 0 Å². The van der Waals surface area contributed by atoms with E-state index in [0.717, 1.165) is 22.7 Å². The second-order valence-electron chi connectivity index (χ2n) is 5.34. The third-order valence-corrected chi connectivity index (χ3v) is 4.65. The predicted molar refractivity (Wildman–Crippen MR) is 94.0 cm³/mol. The van der Waals surface area contributed by atoms with Gasteiger partial charge in [0.15, 0.2) is 0 Å². The Morgan fingerprint density at radius 1 is 1.08 bits per heavy atom. The zero-order valence-corrected chi connectivity index (χ0v) is 14.5. The third kappa shape index (κ3) is 4.50. The number of hydrogen-bond acceptors (Lipinski definition) is 5. The Hall–Kier alpha value is -2.09. The number of benzene rings is 2. The van der Waals surface area contributed by atoms with Crippen LogP contribution in [0.15, 0.2) is 42.5 Å². The van der Waals surface area contributed by atoms with E-state index in [9.17, 15) is 13.9 Å². The first-order valence-corrected chi connectivity index (χ1v) is 8.65. The van der Waals surface area contributed by atoms with E-state index < -0.39 is 17.7 Å². The van der Waals surface area contributed by atoms with Crippen molar-refractivity contribution in [3.05, 3.63) is 75.3 Å². The average Bonchev–Trinajstić information content (AvgIpc) is 3.02. The molecular formula is C17H14ClF2N3OS. The molecule has 0 saturated heterocycles. The Kier molecular flexibility index (Phi) is 5.57. The predicted octanol–water partition coefficient (Wildman–Crippen LogP) is 4.21. The topological polar surface area (TPSA) is 58.0 Å². The Labute approximate surface area is 152 Å². The fourth-order valence-electron chi connectivity index (χ4n) is 2.29. The first kappa shape index (κ1) is 17.7. The van der Waals surface area contributed by atoms with Gasteiger partial charge in [0.05, 0.1) is 5.56 Å². The lowest BCUT2D eigenvalue weighted by Crippen LogP contribution is -2.15. The molecule has 0 amide bonds. The molecule has 0 radical (unpaired) electrons. The van der Waals surface area contributed by atoms with Crippen molar-refractivity contribution < 1.29 is 13.9 Å².